The second kappa shape index (κ2) is 7.49. The van der Waals surface area contributed by atoms with E-state index in [4.69, 9.17) is 6.42 Å². The van der Waals surface area contributed by atoms with Gasteiger partial charge in [-0.25, -0.2) is 0 Å². The van der Waals surface area contributed by atoms with Crippen molar-refractivity contribution in [3.05, 3.63) is 34.9 Å². The first-order valence-electron chi connectivity index (χ1n) is 8.51. The van der Waals surface area contributed by atoms with E-state index < -0.39 is 6.04 Å². The number of aryl methyl sites for hydroxylation is 1. The quantitative estimate of drug-likeness (QED) is 0.452. The third-order valence-electron chi connectivity index (χ3n) is 4.63. The molecule has 1 aromatic rings. The Morgan fingerprint density at radius 3 is 2.92 bits per heavy atom. The van der Waals surface area contributed by atoms with E-state index in [1.165, 1.54) is 5.56 Å². The average Bonchev–Trinajstić information content (AvgIpc) is 2.91. The van der Waals surface area contributed by atoms with Crippen molar-refractivity contribution in [2.45, 2.75) is 38.3 Å². The number of carbonyl (C=O) groups is 3. The van der Waals surface area contributed by atoms with Gasteiger partial charge in [-0.15, -0.1) is 6.42 Å². The Bertz CT molecular complexity index is 751. The molecule has 2 aliphatic heterocycles. The van der Waals surface area contributed by atoms with Gasteiger partial charge >= 0.3 is 0 Å². The molecule has 6 heteroatoms. The Labute approximate surface area is 147 Å². The molecule has 6 nitrogen and oxygen atoms in total. The number of carbonyl (C=O) groups excluding carboxylic acids is 3. The summed E-state index contributed by atoms with van der Waals surface area (Å²) in [4.78, 5) is 37.5. The number of hydrogen-bond acceptors (Lipinski definition) is 4. The molecule has 1 atom stereocenters. The molecule has 3 amide bonds. The summed E-state index contributed by atoms with van der Waals surface area (Å²) in [5, 5.41) is 5.47. The minimum atomic E-state index is -0.561. The van der Waals surface area contributed by atoms with Gasteiger partial charge in [0.25, 0.3) is 5.91 Å². The molecule has 0 spiro atoms. The number of rotatable bonds is 6. The molecule has 130 valence electrons. The third kappa shape index (κ3) is 3.72. The lowest BCUT2D eigenvalue weighted by atomic mass is 10.0. The average molecular weight is 339 g/mol. The molecule has 0 saturated carbocycles. The van der Waals surface area contributed by atoms with Crippen LogP contribution in [0, 0.1) is 12.3 Å². The fourth-order valence-electron chi connectivity index (χ4n) is 3.36. The maximum Gasteiger partial charge on any atom is 0.255 e. The molecule has 3 rings (SSSR count). The first-order valence-corrected chi connectivity index (χ1v) is 8.51. The maximum atomic E-state index is 12.6. The summed E-state index contributed by atoms with van der Waals surface area (Å²) in [6, 6.07) is 5.29. The van der Waals surface area contributed by atoms with Crippen molar-refractivity contribution >= 4 is 17.7 Å². The van der Waals surface area contributed by atoms with Crippen molar-refractivity contribution in [2.24, 2.45) is 0 Å². The van der Waals surface area contributed by atoms with Gasteiger partial charge < -0.3 is 10.2 Å². The molecule has 1 aromatic carbocycles. The van der Waals surface area contributed by atoms with E-state index in [-0.39, 0.29) is 24.1 Å². The van der Waals surface area contributed by atoms with E-state index in [9.17, 15) is 14.4 Å². The second-order valence-electron chi connectivity index (χ2n) is 6.38. The summed E-state index contributed by atoms with van der Waals surface area (Å²) < 4.78 is 0. The molecule has 2 aliphatic rings. The Morgan fingerprint density at radius 2 is 2.16 bits per heavy atom. The first kappa shape index (κ1) is 17.2. The number of benzene rings is 1. The zero-order valence-electron chi connectivity index (χ0n) is 14.0. The summed E-state index contributed by atoms with van der Waals surface area (Å²) in [7, 11) is 0. The summed E-state index contributed by atoms with van der Waals surface area (Å²) in [5.74, 6) is 1.76. The van der Waals surface area contributed by atoms with Gasteiger partial charge in [0.15, 0.2) is 0 Å². The highest BCUT2D eigenvalue weighted by molar-refractivity contribution is 6.05. The second-order valence-corrected chi connectivity index (χ2v) is 6.38. The van der Waals surface area contributed by atoms with Crippen LogP contribution in [-0.4, -0.2) is 41.8 Å². The van der Waals surface area contributed by atoms with Gasteiger partial charge in [-0.3, -0.25) is 19.7 Å². The number of imide groups is 1. The number of fused-ring (bicyclic) bond motifs is 1. The van der Waals surface area contributed by atoms with Crippen LogP contribution in [0.5, 0.6) is 0 Å². The van der Waals surface area contributed by atoms with Crippen molar-refractivity contribution in [1.82, 2.24) is 15.5 Å². The van der Waals surface area contributed by atoms with Crippen LogP contribution < -0.4 is 10.6 Å². The van der Waals surface area contributed by atoms with Gasteiger partial charge in [-0.2, -0.15) is 0 Å². The van der Waals surface area contributed by atoms with Gasteiger partial charge in [-0.05, 0) is 43.0 Å². The van der Waals surface area contributed by atoms with E-state index in [2.05, 4.69) is 16.6 Å². The van der Waals surface area contributed by atoms with Crippen LogP contribution in [0.2, 0.25) is 0 Å². The molecule has 1 unspecified atom stereocenters. The van der Waals surface area contributed by atoms with Gasteiger partial charge in [0.05, 0.1) is 6.54 Å². The molecule has 2 heterocycles. The van der Waals surface area contributed by atoms with Crippen LogP contribution in [0.15, 0.2) is 18.2 Å². The first-order chi connectivity index (χ1) is 12.1. The number of amides is 3. The van der Waals surface area contributed by atoms with Gasteiger partial charge in [-0.1, -0.05) is 18.1 Å². The van der Waals surface area contributed by atoms with Crippen LogP contribution in [0.3, 0.4) is 0 Å². The highest BCUT2D eigenvalue weighted by atomic mass is 16.2. The fraction of sp³-hybridized carbons (Fsp3) is 0.421. The summed E-state index contributed by atoms with van der Waals surface area (Å²) >= 11 is 0. The molecule has 0 aromatic heterocycles. The number of nitrogens with zero attached hydrogens (tertiary/aromatic N) is 1. The van der Waals surface area contributed by atoms with Crippen molar-refractivity contribution in [1.29, 1.82) is 0 Å². The van der Waals surface area contributed by atoms with E-state index in [0.717, 1.165) is 24.9 Å². The zero-order valence-corrected chi connectivity index (χ0v) is 14.0. The number of piperidine rings is 1. The SMILES string of the molecule is C#CCNCCCc1ccc2c(c1)CN(C1CCC(=O)NC1=O)C2=O. The lowest BCUT2D eigenvalue weighted by Crippen LogP contribution is -2.52. The number of terminal acetylenes is 1. The fourth-order valence-corrected chi connectivity index (χ4v) is 3.36. The van der Waals surface area contributed by atoms with E-state index in [0.29, 0.717) is 25.1 Å². The van der Waals surface area contributed by atoms with Gasteiger partial charge in [0.1, 0.15) is 6.04 Å². The lowest BCUT2D eigenvalue weighted by molar-refractivity contribution is -0.136. The van der Waals surface area contributed by atoms with Crippen LogP contribution in [-0.2, 0) is 22.6 Å². The normalized spacial score (nSPS) is 19.6. The Morgan fingerprint density at radius 1 is 1.32 bits per heavy atom. The van der Waals surface area contributed by atoms with Crippen LogP contribution >= 0.6 is 0 Å². The van der Waals surface area contributed by atoms with Gasteiger partial charge in [0.2, 0.25) is 11.8 Å². The summed E-state index contributed by atoms with van der Waals surface area (Å²) in [6.07, 6.45) is 7.71. The molecular formula is C19H21N3O3. The van der Waals surface area contributed by atoms with Crippen molar-refractivity contribution in [2.75, 3.05) is 13.1 Å². The van der Waals surface area contributed by atoms with Crippen LogP contribution in [0.25, 0.3) is 0 Å². The monoisotopic (exact) mass is 339 g/mol. The summed E-state index contributed by atoms with van der Waals surface area (Å²) in [5.41, 5.74) is 2.77. The molecule has 1 fully saturated rings. The largest absolute Gasteiger partial charge is 0.322 e. The highest BCUT2D eigenvalue weighted by Gasteiger charge is 2.38. The van der Waals surface area contributed by atoms with Crippen molar-refractivity contribution < 1.29 is 14.4 Å². The highest BCUT2D eigenvalue weighted by Crippen LogP contribution is 2.28. The van der Waals surface area contributed by atoms with Crippen LogP contribution in [0.1, 0.15) is 40.7 Å². The minimum absolute atomic E-state index is 0.133. The van der Waals surface area contributed by atoms with E-state index in [1.54, 1.807) is 4.90 Å². The molecule has 25 heavy (non-hydrogen) atoms. The lowest BCUT2D eigenvalue weighted by Gasteiger charge is -2.29. The smallest absolute Gasteiger partial charge is 0.255 e. The predicted octanol–water partition coefficient (Wildman–Crippen LogP) is 0.603. The molecule has 0 bridgehead atoms. The van der Waals surface area contributed by atoms with E-state index in [1.807, 2.05) is 18.2 Å². The Kier molecular flexibility index (Phi) is 5.15. The molecule has 0 aliphatic carbocycles. The molecule has 2 N–H and O–H groups in total. The van der Waals surface area contributed by atoms with E-state index >= 15 is 0 Å². The molecule has 1 saturated heterocycles. The Balaban J connectivity index is 1.64. The standard InChI is InChI=1S/C19H21N3O3/c1-2-9-20-10-3-4-13-5-6-15-14(11-13)12-22(19(15)25)16-7-8-17(23)21-18(16)24/h1,5-6,11,16,20H,3-4,7-10,12H2,(H,21,23,24). The Hall–Kier alpha value is -2.65. The third-order valence-corrected chi connectivity index (χ3v) is 4.63. The number of hydrogen-bond donors (Lipinski definition) is 2. The predicted molar refractivity (Wildman–Crippen MR) is 92.5 cm³/mol. The topological polar surface area (TPSA) is 78.5 Å². The van der Waals surface area contributed by atoms with Crippen molar-refractivity contribution in [3.8, 4) is 12.3 Å². The summed E-state index contributed by atoms with van der Waals surface area (Å²) in [6.45, 7) is 1.84. The minimum Gasteiger partial charge on any atom is -0.322 e. The molecular weight excluding hydrogens is 318 g/mol. The van der Waals surface area contributed by atoms with Gasteiger partial charge in [0, 0.05) is 18.5 Å². The molecule has 0 radical (unpaired) electrons. The zero-order chi connectivity index (χ0) is 17.8. The van der Waals surface area contributed by atoms with Crippen molar-refractivity contribution in [3.63, 3.8) is 0 Å². The number of nitrogens with one attached hydrogen (secondary N) is 2. The maximum absolute atomic E-state index is 12.6. The van der Waals surface area contributed by atoms with Crippen LogP contribution in [0.4, 0.5) is 0 Å².